The van der Waals surface area contributed by atoms with E-state index in [4.69, 9.17) is 15.3 Å². The highest BCUT2D eigenvalue weighted by Gasteiger charge is 2.09. The molecule has 0 spiro atoms. The zero-order chi connectivity index (χ0) is 17.5. The Morgan fingerprint density at radius 2 is 2.08 bits per heavy atom. The summed E-state index contributed by atoms with van der Waals surface area (Å²) in [6, 6.07) is 9.70. The fourth-order valence-corrected chi connectivity index (χ4v) is 3.20. The number of methoxy groups -OCH3 is 1. The van der Waals surface area contributed by atoms with Gasteiger partial charge in [0, 0.05) is 25.8 Å². The lowest BCUT2D eigenvalue weighted by molar-refractivity contribution is 0.190. The molecule has 0 aliphatic carbocycles. The standard InChI is InChI=1S/C17H14FN3O2S/c1-23-8-4-7-21-16(22)15(24-17(21)13(10-19)11-20)9-12-5-2-3-6-14(12)18/h2-3,5-6,9H,4,7-8H2,1H3. The predicted octanol–water partition coefficient (Wildman–Crippen LogP) is 1.11. The first kappa shape index (κ1) is 17.6. The van der Waals surface area contributed by atoms with Gasteiger partial charge in [-0.05, 0) is 18.6 Å². The number of thiazole rings is 1. The summed E-state index contributed by atoms with van der Waals surface area (Å²) in [4.78, 5) is 12.6. The molecule has 0 radical (unpaired) electrons. The van der Waals surface area contributed by atoms with Gasteiger partial charge in [0.15, 0.2) is 5.57 Å². The van der Waals surface area contributed by atoms with Crippen LogP contribution >= 0.6 is 11.3 Å². The van der Waals surface area contributed by atoms with Crippen LogP contribution in [0.5, 0.6) is 0 Å². The van der Waals surface area contributed by atoms with Crippen molar-refractivity contribution in [3.63, 3.8) is 0 Å². The van der Waals surface area contributed by atoms with E-state index in [0.29, 0.717) is 19.6 Å². The lowest BCUT2D eigenvalue weighted by Crippen LogP contribution is -2.32. The minimum Gasteiger partial charge on any atom is -0.385 e. The lowest BCUT2D eigenvalue weighted by Gasteiger charge is -2.01. The predicted molar refractivity (Wildman–Crippen MR) is 88.9 cm³/mol. The first-order valence-corrected chi connectivity index (χ1v) is 7.93. The summed E-state index contributed by atoms with van der Waals surface area (Å²) in [7, 11) is 1.55. The molecule has 0 amide bonds. The van der Waals surface area contributed by atoms with Gasteiger partial charge in [-0.3, -0.25) is 9.36 Å². The van der Waals surface area contributed by atoms with Crippen LogP contribution in [0.4, 0.5) is 4.39 Å². The normalized spacial score (nSPS) is 11.1. The van der Waals surface area contributed by atoms with Crippen LogP contribution in [0.2, 0.25) is 0 Å². The Balaban J connectivity index is 2.69. The van der Waals surface area contributed by atoms with E-state index in [0.717, 1.165) is 11.3 Å². The molecule has 0 aliphatic heterocycles. The third-order valence-corrected chi connectivity index (χ3v) is 4.40. The van der Waals surface area contributed by atoms with Gasteiger partial charge in [-0.25, -0.2) is 4.39 Å². The number of ether oxygens (including phenoxy) is 1. The highest BCUT2D eigenvalue weighted by molar-refractivity contribution is 7.07. The molecule has 2 rings (SSSR count). The molecule has 0 saturated heterocycles. The Bertz CT molecular complexity index is 977. The molecule has 0 N–H and O–H groups in total. The van der Waals surface area contributed by atoms with Gasteiger partial charge in [-0.1, -0.05) is 18.2 Å². The van der Waals surface area contributed by atoms with Gasteiger partial charge in [0.25, 0.3) is 5.56 Å². The van der Waals surface area contributed by atoms with Crippen molar-refractivity contribution in [1.29, 1.82) is 10.5 Å². The van der Waals surface area contributed by atoms with Crippen molar-refractivity contribution in [3.05, 3.63) is 55.2 Å². The van der Waals surface area contributed by atoms with E-state index in [1.54, 1.807) is 37.4 Å². The number of hydrogen-bond acceptors (Lipinski definition) is 5. The van der Waals surface area contributed by atoms with Crippen LogP contribution in [-0.4, -0.2) is 18.3 Å². The lowest BCUT2D eigenvalue weighted by atomic mass is 10.2. The minimum atomic E-state index is -0.442. The van der Waals surface area contributed by atoms with Crippen LogP contribution in [0.25, 0.3) is 11.6 Å². The second-order valence-electron chi connectivity index (χ2n) is 4.84. The van der Waals surface area contributed by atoms with Crippen molar-refractivity contribution in [2.24, 2.45) is 0 Å². The molecule has 0 saturated carbocycles. The van der Waals surface area contributed by atoms with Crippen molar-refractivity contribution < 1.29 is 9.13 Å². The first-order chi connectivity index (χ1) is 11.6. The fourth-order valence-electron chi connectivity index (χ4n) is 2.13. The molecule has 1 aromatic heterocycles. The molecule has 24 heavy (non-hydrogen) atoms. The van der Waals surface area contributed by atoms with Crippen LogP contribution in [-0.2, 0) is 11.3 Å². The average molecular weight is 343 g/mol. The van der Waals surface area contributed by atoms with Crippen LogP contribution in [0.3, 0.4) is 0 Å². The van der Waals surface area contributed by atoms with Crippen molar-refractivity contribution in [2.75, 3.05) is 13.7 Å². The SMILES string of the molecule is COCCCn1c(=C(C#N)C#N)sc(=Cc2ccccc2F)c1=O. The van der Waals surface area contributed by atoms with Crippen molar-refractivity contribution in [2.45, 2.75) is 13.0 Å². The van der Waals surface area contributed by atoms with Gasteiger partial charge in [0.2, 0.25) is 0 Å². The van der Waals surface area contributed by atoms with E-state index in [9.17, 15) is 9.18 Å². The molecular weight excluding hydrogens is 329 g/mol. The van der Waals surface area contributed by atoms with Crippen LogP contribution in [0.15, 0.2) is 29.1 Å². The largest absolute Gasteiger partial charge is 0.385 e. The number of nitriles is 2. The van der Waals surface area contributed by atoms with Crippen LogP contribution in [0.1, 0.15) is 12.0 Å². The van der Waals surface area contributed by atoms with Crippen LogP contribution in [0, 0.1) is 28.5 Å². The second kappa shape index (κ2) is 8.21. The fraction of sp³-hybridized carbons (Fsp3) is 0.235. The minimum absolute atomic E-state index is 0.136. The molecule has 2 aromatic rings. The molecule has 7 heteroatoms. The van der Waals surface area contributed by atoms with Gasteiger partial charge in [0.1, 0.15) is 22.6 Å². The monoisotopic (exact) mass is 343 g/mol. The van der Waals surface area contributed by atoms with E-state index < -0.39 is 5.82 Å². The number of aromatic nitrogens is 1. The summed E-state index contributed by atoms with van der Waals surface area (Å²) >= 11 is 1.01. The molecule has 5 nitrogen and oxygen atoms in total. The third kappa shape index (κ3) is 3.77. The molecule has 1 heterocycles. The molecule has 1 aromatic carbocycles. The first-order valence-electron chi connectivity index (χ1n) is 7.11. The van der Waals surface area contributed by atoms with E-state index in [2.05, 4.69) is 0 Å². The molecular formula is C17H14FN3O2S. The summed E-state index contributed by atoms with van der Waals surface area (Å²) < 4.78 is 20.7. The van der Waals surface area contributed by atoms with Crippen molar-refractivity contribution in [1.82, 2.24) is 4.57 Å². The highest BCUT2D eigenvalue weighted by Crippen LogP contribution is 2.06. The zero-order valence-electron chi connectivity index (χ0n) is 13.0. The Labute approximate surface area is 141 Å². The molecule has 0 fully saturated rings. The Morgan fingerprint density at radius 1 is 1.38 bits per heavy atom. The second-order valence-corrected chi connectivity index (χ2v) is 5.87. The zero-order valence-corrected chi connectivity index (χ0v) is 13.8. The smallest absolute Gasteiger partial charge is 0.269 e. The number of nitrogens with zero attached hydrogens (tertiary/aromatic N) is 3. The number of rotatable bonds is 5. The topological polar surface area (TPSA) is 78.8 Å². The molecule has 0 bridgehead atoms. The summed E-state index contributed by atoms with van der Waals surface area (Å²) in [5, 5.41) is 18.2. The summed E-state index contributed by atoms with van der Waals surface area (Å²) in [6.07, 6.45) is 1.99. The Morgan fingerprint density at radius 3 is 2.71 bits per heavy atom. The van der Waals surface area contributed by atoms with E-state index in [1.165, 1.54) is 16.7 Å². The molecule has 0 aliphatic rings. The van der Waals surface area contributed by atoms with E-state index in [1.807, 2.05) is 0 Å². The van der Waals surface area contributed by atoms with Gasteiger partial charge in [-0.15, -0.1) is 11.3 Å². The van der Waals surface area contributed by atoms with Crippen molar-refractivity contribution >= 4 is 23.0 Å². The molecule has 0 atom stereocenters. The maximum atomic E-state index is 13.8. The molecule has 0 unspecified atom stereocenters. The summed E-state index contributed by atoms with van der Waals surface area (Å²) in [5.74, 6) is -0.442. The summed E-state index contributed by atoms with van der Waals surface area (Å²) in [5.41, 5.74) is -0.207. The highest BCUT2D eigenvalue weighted by atomic mass is 32.1. The average Bonchev–Trinajstić information content (AvgIpc) is 2.88. The van der Waals surface area contributed by atoms with Gasteiger partial charge >= 0.3 is 0 Å². The van der Waals surface area contributed by atoms with Gasteiger partial charge in [-0.2, -0.15) is 10.5 Å². The van der Waals surface area contributed by atoms with Gasteiger partial charge in [0.05, 0.1) is 4.53 Å². The number of halogens is 1. The van der Waals surface area contributed by atoms with Crippen molar-refractivity contribution in [3.8, 4) is 12.1 Å². The summed E-state index contributed by atoms with van der Waals surface area (Å²) in [6.45, 7) is 0.763. The van der Waals surface area contributed by atoms with E-state index in [-0.39, 0.29) is 25.9 Å². The van der Waals surface area contributed by atoms with Crippen LogP contribution < -0.4 is 14.8 Å². The maximum Gasteiger partial charge on any atom is 0.269 e. The molecule has 122 valence electrons. The van der Waals surface area contributed by atoms with E-state index >= 15 is 0 Å². The Hall–Kier alpha value is -2.74. The Kier molecular flexibility index (Phi) is 6.02. The third-order valence-electron chi connectivity index (χ3n) is 3.27. The number of benzene rings is 1. The maximum absolute atomic E-state index is 13.8. The quantitative estimate of drug-likeness (QED) is 0.762. The van der Waals surface area contributed by atoms with Gasteiger partial charge < -0.3 is 4.74 Å². The number of hydrogen-bond donors (Lipinski definition) is 0.